The van der Waals surface area contributed by atoms with E-state index in [1.165, 1.54) is 32.2 Å². The van der Waals surface area contributed by atoms with Gasteiger partial charge in [0.2, 0.25) is 11.8 Å². The van der Waals surface area contributed by atoms with Gasteiger partial charge in [0.15, 0.2) is 0 Å². The molecule has 0 saturated heterocycles. The van der Waals surface area contributed by atoms with Crippen molar-refractivity contribution < 1.29 is 18.7 Å². The minimum absolute atomic E-state index is 0.0457. The number of rotatable bonds is 5. The molecule has 2 aromatic carbocycles. The molecule has 0 aromatic heterocycles. The lowest BCUT2D eigenvalue weighted by Gasteiger charge is -2.21. The van der Waals surface area contributed by atoms with Crippen molar-refractivity contribution in [3.8, 4) is 5.75 Å². The van der Waals surface area contributed by atoms with E-state index in [0.29, 0.717) is 16.5 Å². The Morgan fingerprint density at radius 3 is 2.56 bits per heavy atom. The lowest BCUT2D eigenvalue weighted by atomic mass is 10.2. The molecular formula is C18H18ClFN2O3. The van der Waals surface area contributed by atoms with E-state index >= 15 is 0 Å². The highest BCUT2D eigenvalue weighted by Crippen LogP contribution is 2.31. The quantitative estimate of drug-likeness (QED) is 0.878. The number of para-hydroxylation sites is 1. The van der Waals surface area contributed by atoms with Gasteiger partial charge < -0.3 is 15.0 Å². The summed E-state index contributed by atoms with van der Waals surface area (Å²) in [4.78, 5) is 25.3. The number of benzene rings is 2. The van der Waals surface area contributed by atoms with Crippen LogP contribution in [0.15, 0.2) is 36.4 Å². The Balaban J connectivity index is 2.22. The van der Waals surface area contributed by atoms with E-state index in [4.69, 9.17) is 16.3 Å². The Morgan fingerprint density at radius 1 is 1.28 bits per heavy atom. The van der Waals surface area contributed by atoms with Gasteiger partial charge in [0, 0.05) is 18.0 Å². The normalized spacial score (nSPS) is 10.3. The van der Waals surface area contributed by atoms with E-state index in [-0.39, 0.29) is 12.2 Å². The zero-order valence-electron chi connectivity index (χ0n) is 14.1. The highest BCUT2D eigenvalue weighted by atomic mass is 35.5. The van der Waals surface area contributed by atoms with Crippen molar-refractivity contribution in [1.29, 1.82) is 0 Å². The summed E-state index contributed by atoms with van der Waals surface area (Å²) < 4.78 is 19.1. The first kappa shape index (κ1) is 18.7. The maximum atomic E-state index is 13.9. The Labute approximate surface area is 150 Å². The summed E-state index contributed by atoms with van der Waals surface area (Å²) in [5.74, 6) is -1.12. The molecule has 0 aliphatic rings. The Bertz CT molecular complexity index is 811. The van der Waals surface area contributed by atoms with E-state index < -0.39 is 17.6 Å². The van der Waals surface area contributed by atoms with Crippen LogP contribution in [0.3, 0.4) is 0 Å². The van der Waals surface area contributed by atoms with Gasteiger partial charge in [-0.05, 0) is 30.7 Å². The molecule has 2 amide bonds. The van der Waals surface area contributed by atoms with E-state index in [0.717, 1.165) is 10.5 Å². The second-order valence-corrected chi connectivity index (χ2v) is 5.81. The largest absolute Gasteiger partial charge is 0.495 e. The number of anilines is 2. The first-order valence-corrected chi connectivity index (χ1v) is 7.88. The van der Waals surface area contributed by atoms with Crippen molar-refractivity contribution in [3.05, 3.63) is 52.8 Å². The lowest BCUT2D eigenvalue weighted by molar-refractivity contribution is -0.120. The van der Waals surface area contributed by atoms with Crippen molar-refractivity contribution in [2.24, 2.45) is 0 Å². The minimum atomic E-state index is -0.578. The van der Waals surface area contributed by atoms with Gasteiger partial charge in [-0.3, -0.25) is 9.59 Å². The van der Waals surface area contributed by atoms with Crippen LogP contribution in [-0.2, 0) is 9.59 Å². The first-order chi connectivity index (χ1) is 11.8. The van der Waals surface area contributed by atoms with Crippen LogP contribution in [0.4, 0.5) is 15.8 Å². The van der Waals surface area contributed by atoms with Gasteiger partial charge in [-0.15, -0.1) is 0 Å². The molecule has 0 aliphatic carbocycles. The second kappa shape index (κ2) is 7.98. The van der Waals surface area contributed by atoms with Crippen LogP contribution in [0, 0.1) is 12.7 Å². The first-order valence-electron chi connectivity index (χ1n) is 7.50. The molecular weight excluding hydrogens is 347 g/mol. The summed E-state index contributed by atoms with van der Waals surface area (Å²) in [7, 11) is 1.46. The molecule has 2 rings (SSSR count). The number of carbonyl (C=O) groups excluding carboxylic acids is 2. The fourth-order valence-corrected chi connectivity index (χ4v) is 2.45. The molecule has 132 valence electrons. The Morgan fingerprint density at radius 2 is 1.96 bits per heavy atom. The van der Waals surface area contributed by atoms with Crippen LogP contribution in [0.2, 0.25) is 5.02 Å². The predicted octanol–water partition coefficient (Wildman–Crippen LogP) is 3.79. The number of hydrogen-bond donors (Lipinski definition) is 1. The summed E-state index contributed by atoms with van der Waals surface area (Å²) in [5.41, 5.74) is 1.23. The number of nitrogens with zero attached hydrogens (tertiary/aromatic N) is 1. The molecule has 0 atom stereocenters. The number of aryl methyl sites for hydroxylation is 1. The van der Waals surface area contributed by atoms with Crippen molar-refractivity contribution in [1.82, 2.24) is 0 Å². The molecule has 0 unspecified atom stereocenters. The topological polar surface area (TPSA) is 58.6 Å². The molecule has 0 saturated carbocycles. The van der Waals surface area contributed by atoms with Crippen molar-refractivity contribution in [3.63, 3.8) is 0 Å². The van der Waals surface area contributed by atoms with Gasteiger partial charge in [-0.1, -0.05) is 23.7 Å². The van der Waals surface area contributed by atoms with E-state index in [2.05, 4.69) is 5.32 Å². The molecule has 0 fully saturated rings. The van der Waals surface area contributed by atoms with Crippen LogP contribution >= 0.6 is 11.6 Å². The lowest BCUT2D eigenvalue weighted by Crippen LogP contribution is -2.37. The third kappa shape index (κ3) is 4.48. The van der Waals surface area contributed by atoms with E-state index in [1.54, 1.807) is 25.1 Å². The fourth-order valence-electron chi connectivity index (χ4n) is 2.30. The number of amides is 2. The monoisotopic (exact) mass is 364 g/mol. The average Bonchev–Trinajstić information content (AvgIpc) is 2.56. The summed E-state index contributed by atoms with van der Waals surface area (Å²) in [6.07, 6.45) is 0. The standard InChI is InChI=1S/C18H18ClFN2O3/c1-11-8-15(17(25-3)9-13(11)19)21-18(24)10-22(12(2)23)16-7-5-4-6-14(16)20/h4-9H,10H2,1-3H3,(H,21,24). The zero-order valence-corrected chi connectivity index (χ0v) is 14.9. The number of methoxy groups -OCH3 is 1. The highest BCUT2D eigenvalue weighted by Gasteiger charge is 2.20. The van der Waals surface area contributed by atoms with Crippen LogP contribution in [0.5, 0.6) is 5.75 Å². The van der Waals surface area contributed by atoms with Crippen molar-refractivity contribution in [2.45, 2.75) is 13.8 Å². The fraction of sp³-hybridized carbons (Fsp3) is 0.222. The Hall–Kier alpha value is -2.60. The smallest absolute Gasteiger partial charge is 0.244 e. The van der Waals surface area contributed by atoms with E-state index in [1.807, 2.05) is 0 Å². The van der Waals surface area contributed by atoms with Crippen LogP contribution in [-0.4, -0.2) is 25.5 Å². The van der Waals surface area contributed by atoms with Crippen molar-refractivity contribution >= 4 is 34.8 Å². The number of ether oxygens (including phenoxy) is 1. The van der Waals surface area contributed by atoms with Gasteiger partial charge in [0.1, 0.15) is 18.1 Å². The third-order valence-electron chi connectivity index (χ3n) is 3.58. The molecule has 0 heterocycles. The molecule has 0 radical (unpaired) electrons. The number of hydrogen-bond acceptors (Lipinski definition) is 3. The number of nitrogens with one attached hydrogen (secondary N) is 1. The Kier molecular flexibility index (Phi) is 5.98. The third-order valence-corrected chi connectivity index (χ3v) is 3.99. The maximum absolute atomic E-state index is 13.9. The van der Waals surface area contributed by atoms with Gasteiger partial charge in [0.25, 0.3) is 0 Å². The summed E-state index contributed by atoms with van der Waals surface area (Å²) >= 11 is 6.04. The van der Waals surface area contributed by atoms with Gasteiger partial charge in [-0.2, -0.15) is 0 Å². The average molecular weight is 365 g/mol. The molecule has 5 nitrogen and oxygen atoms in total. The van der Waals surface area contributed by atoms with E-state index in [9.17, 15) is 14.0 Å². The molecule has 0 aliphatic heterocycles. The zero-order chi connectivity index (χ0) is 18.6. The molecule has 2 aromatic rings. The summed E-state index contributed by atoms with van der Waals surface area (Å²) in [5, 5.41) is 3.17. The van der Waals surface area contributed by atoms with Crippen molar-refractivity contribution in [2.75, 3.05) is 23.9 Å². The molecule has 7 heteroatoms. The van der Waals surface area contributed by atoms with Gasteiger partial charge in [0.05, 0.1) is 18.5 Å². The van der Waals surface area contributed by atoms with Crippen LogP contribution in [0.25, 0.3) is 0 Å². The SMILES string of the molecule is COc1cc(Cl)c(C)cc1NC(=O)CN(C(C)=O)c1ccccc1F. The maximum Gasteiger partial charge on any atom is 0.244 e. The van der Waals surface area contributed by atoms with Gasteiger partial charge >= 0.3 is 0 Å². The second-order valence-electron chi connectivity index (χ2n) is 5.41. The summed E-state index contributed by atoms with van der Waals surface area (Å²) in [6, 6.07) is 9.04. The number of carbonyl (C=O) groups is 2. The molecule has 25 heavy (non-hydrogen) atoms. The molecule has 0 bridgehead atoms. The molecule has 1 N–H and O–H groups in total. The highest BCUT2D eigenvalue weighted by molar-refractivity contribution is 6.31. The van der Waals surface area contributed by atoms with Crippen LogP contribution in [0.1, 0.15) is 12.5 Å². The minimum Gasteiger partial charge on any atom is -0.495 e. The predicted molar refractivity (Wildman–Crippen MR) is 95.8 cm³/mol. The van der Waals surface area contributed by atoms with Crippen LogP contribution < -0.4 is 15.0 Å². The number of halogens is 2. The molecule has 0 spiro atoms. The van der Waals surface area contributed by atoms with Gasteiger partial charge in [-0.25, -0.2) is 4.39 Å². The summed E-state index contributed by atoms with van der Waals surface area (Å²) in [6.45, 7) is 2.73.